The quantitative estimate of drug-likeness (QED) is 0.461. The standard InChI is InChI=1S/C26H33N3O4/c1-31-20-14-19(15-21(16-20)32-2)23(24-18-28-25-7-4-3-6-22(24)25)17-26(30)27-8-5-9-29-10-12-33-13-11-29/h3-4,6-7,14-16,18,23,28H,5,8-13,17H2,1-2H3,(H,27,30). The number of aromatic nitrogens is 1. The number of ether oxygens (including phenoxy) is 3. The van der Waals surface area contributed by atoms with E-state index in [1.54, 1.807) is 14.2 Å². The minimum atomic E-state index is -0.135. The number of benzene rings is 2. The summed E-state index contributed by atoms with van der Waals surface area (Å²) in [5.41, 5.74) is 3.13. The van der Waals surface area contributed by atoms with Gasteiger partial charge in [-0.2, -0.15) is 0 Å². The summed E-state index contributed by atoms with van der Waals surface area (Å²) in [4.78, 5) is 18.7. The maximum atomic E-state index is 13.0. The van der Waals surface area contributed by atoms with Crippen LogP contribution in [0.1, 0.15) is 29.9 Å². The van der Waals surface area contributed by atoms with Gasteiger partial charge in [-0.3, -0.25) is 9.69 Å². The van der Waals surface area contributed by atoms with Gasteiger partial charge < -0.3 is 24.5 Å². The van der Waals surface area contributed by atoms with E-state index in [-0.39, 0.29) is 11.8 Å². The first-order chi connectivity index (χ1) is 16.2. The summed E-state index contributed by atoms with van der Waals surface area (Å²) >= 11 is 0. The molecule has 0 aliphatic carbocycles. The van der Waals surface area contributed by atoms with Crippen LogP contribution in [0.15, 0.2) is 48.7 Å². The Kier molecular flexibility index (Phi) is 7.86. The van der Waals surface area contributed by atoms with Crippen molar-refractivity contribution in [3.05, 3.63) is 59.8 Å². The summed E-state index contributed by atoms with van der Waals surface area (Å²) in [7, 11) is 3.28. The van der Waals surface area contributed by atoms with Crippen LogP contribution in [0, 0.1) is 0 Å². The van der Waals surface area contributed by atoms with Gasteiger partial charge in [-0.15, -0.1) is 0 Å². The normalized spacial score (nSPS) is 15.3. The fourth-order valence-corrected chi connectivity index (χ4v) is 4.43. The molecule has 0 saturated carbocycles. The third-order valence-electron chi connectivity index (χ3n) is 6.24. The average Bonchev–Trinajstić information content (AvgIpc) is 3.29. The molecule has 1 aliphatic heterocycles. The number of H-pyrrole nitrogens is 1. The Balaban J connectivity index is 1.50. The van der Waals surface area contributed by atoms with Gasteiger partial charge in [0, 0.05) is 55.1 Å². The molecule has 1 amide bonds. The lowest BCUT2D eigenvalue weighted by molar-refractivity contribution is -0.121. The van der Waals surface area contributed by atoms with E-state index >= 15 is 0 Å². The monoisotopic (exact) mass is 451 g/mol. The molecule has 3 aromatic rings. The van der Waals surface area contributed by atoms with Gasteiger partial charge in [-0.05, 0) is 42.3 Å². The summed E-state index contributed by atoms with van der Waals surface area (Å²) in [6.07, 6.45) is 3.28. The zero-order valence-corrected chi connectivity index (χ0v) is 19.4. The molecule has 0 spiro atoms. The van der Waals surface area contributed by atoms with Crippen LogP contribution < -0.4 is 14.8 Å². The van der Waals surface area contributed by atoms with Crippen molar-refractivity contribution in [2.75, 3.05) is 53.6 Å². The van der Waals surface area contributed by atoms with Crippen LogP contribution in [0.2, 0.25) is 0 Å². The number of amides is 1. The summed E-state index contributed by atoms with van der Waals surface area (Å²) in [6.45, 7) is 5.16. The molecule has 33 heavy (non-hydrogen) atoms. The number of morpholine rings is 1. The second-order valence-corrected chi connectivity index (χ2v) is 8.35. The van der Waals surface area contributed by atoms with E-state index < -0.39 is 0 Å². The lowest BCUT2D eigenvalue weighted by Gasteiger charge is -2.26. The molecule has 1 unspecified atom stereocenters. The molecule has 4 rings (SSSR count). The lowest BCUT2D eigenvalue weighted by Crippen LogP contribution is -2.38. The molecule has 7 heteroatoms. The first-order valence-electron chi connectivity index (χ1n) is 11.5. The van der Waals surface area contributed by atoms with Crippen molar-refractivity contribution in [3.63, 3.8) is 0 Å². The van der Waals surface area contributed by atoms with Gasteiger partial charge in [0.15, 0.2) is 0 Å². The predicted molar refractivity (Wildman–Crippen MR) is 129 cm³/mol. The van der Waals surface area contributed by atoms with E-state index in [0.717, 1.165) is 61.3 Å². The molecule has 7 nitrogen and oxygen atoms in total. The zero-order chi connectivity index (χ0) is 23.0. The number of para-hydroxylation sites is 1. The number of carbonyl (C=O) groups excluding carboxylic acids is 1. The topological polar surface area (TPSA) is 75.8 Å². The third-order valence-corrected chi connectivity index (χ3v) is 6.24. The van der Waals surface area contributed by atoms with Gasteiger partial charge in [-0.25, -0.2) is 0 Å². The Hall–Kier alpha value is -3.03. The average molecular weight is 452 g/mol. The smallest absolute Gasteiger partial charge is 0.220 e. The van der Waals surface area contributed by atoms with Crippen molar-refractivity contribution in [2.45, 2.75) is 18.8 Å². The molecule has 1 aliphatic rings. The molecule has 0 radical (unpaired) electrons. The summed E-state index contributed by atoms with van der Waals surface area (Å²) in [6, 6.07) is 14.0. The van der Waals surface area contributed by atoms with E-state index in [1.807, 2.05) is 42.6 Å². The minimum Gasteiger partial charge on any atom is -0.497 e. The fraction of sp³-hybridized carbons (Fsp3) is 0.423. The highest BCUT2D eigenvalue weighted by Crippen LogP contribution is 2.36. The van der Waals surface area contributed by atoms with Crippen molar-refractivity contribution in [3.8, 4) is 11.5 Å². The molecule has 0 bridgehead atoms. The van der Waals surface area contributed by atoms with Crippen molar-refractivity contribution >= 4 is 16.8 Å². The second kappa shape index (κ2) is 11.2. The van der Waals surface area contributed by atoms with Crippen LogP contribution in [-0.2, 0) is 9.53 Å². The Morgan fingerprint density at radius 2 is 1.85 bits per heavy atom. The van der Waals surface area contributed by atoms with Crippen LogP contribution in [0.3, 0.4) is 0 Å². The molecule has 2 heterocycles. The van der Waals surface area contributed by atoms with Gasteiger partial charge in [0.25, 0.3) is 0 Å². The number of fused-ring (bicyclic) bond motifs is 1. The molecule has 1 saturated heterocycles. The molecule has 2 aromatic carbocycles. The summed E-state index contributed by atoms with van der Waals surface area (Å²) in [5.74, 6) is 1.32. The van der Waals surface area contributed by atoms with E-state index in [2.05, 4.69) is 21.3 Å². The number of carbonyl (C=O) groups is 1. The fourth-order valence-electron chi connectivity index (χ4n) is 4.43. The number of aromatic amines is 1. The zero-order valence-electron chi connectivity index (χ0n) is 19.4. The third kappa shape index (κ3) is 5.86. The van der Waals surface area contributed by atoms with Crippen LogP contribution in [0.25, 0.3) is 10.9 Å². The number of nitrogens with zero attached hydrogens (tertiary/aromatic N) is 1. The minimum absolute atomic E-state index is 0.0362. The molecular weight excluding hydrogens is 418 g/mol. The van der Waals surface area contributed by atoms with Gasteiger partial charge in [0.05, 0.1) is 27.4 Å². The number of hydrogen-bond donors (Lipinski definition) is 2. The highest BCUT2D eigenvalue weighted by Gasteiger charge is 2.23. The summed E-state index contributed by atoms with van der Waals surface area (Å²) < 4.78 is 16.4. The molecule has 1 aromatic heterocycles. The number of methoxy groups -OCH3 is 2. The van der Waals surface area contributed by atoms with Crippen LogP contribution in [-0.4, -0.2) is 69.4 Å². The highest BCUT2D eigenvalue weighted by atomic mass is 16.5. The molecule has 2 N–H and O–H groups in total. The van der Waals surface area contributed by atoms with Crippen molar-refractivity contribution in [2.24, 2.45) is 0 Å². The van der Waals surface area contributed by atoms with Crippen LogP contribution >= 0.6 is 0 Å². The van der Waals surface area contributed by atoms with E-state index in [9.17, 15) is 4.79 Å². The predicted octanol–water partition coefficient (Wildman–Crippen LogP) is 3.55. The Labute approximate surface area is 195 Å². The number of nitrogens with one attached hydrogen (secondary N) is 2. The first-order valence-corrected chi connectivity index (χ1v) is 11.5. The molecule has 1 fully saturated rings. The molecular formula is C26H33N3O4. The van der Waals surface area contributed by atoms with Gasteiger partial charge >= 0.3 is 0 Å². The van der Waals surface area contributed by atoms with Gasteiger partial charge in [0.1, 0.15) is 11.5 Å². The van der Waals surface area contributed by atoms with E-state index in [1.165, 1.54) is 0 Å². The van der Waals surface area contributed by atoms with Crippen LogP contribution in [0.4, 0.5) is 0 Å². The Morgan fingerprint density at radius 1 is 1.12 bits per heavy atom. The van der Waals surface area contributed by atoms with Gasteiger partial charge in [0.2, 0.25) is 5.91 Å². The van der Waals surface area contributed by atoms with E-state index in [0.29, 0.717) is 24.5 Å². The maximum Gasteiger partial charge on any atom is 0.220 e. The van der Waals surface area contributed by atoms with Crippen molar-refractivity contribution < 1.29 is 19.0 Å². The second-order valence-electron chi connectivity index (χ2n) is 8.35. The van der Waals surface area contributed by atoms with Crippen molar-refractivity contribution in [1.82, 2.24) is 15.2 Å². The number of hydrogen-bond acceptors (Lipinski definition) is 5. The summed E-state index contributed by atoms with van der Waals surface area (Å²) in [5, 5.41) is 4.24. The Morgan fingerprint density at radius 3 is 2.58 bits per heavy atom. The van der Waals surface area contributed by atoms with Gasteiger partial charge in [-0.1, -0.05) is 18.2 Å². The SMILES string of the molecule is COc1cc(OC)cc(C(CC(=O)NCCCN2CCOCC2)c2c[nH]c3ccccc23)c1. The van der Waals surface area contributed by atoms with Crippen molar-refractivity contribution in [1.29, 1.82) is 0 Å². The van der Waals surface area contributed by atoms with E-state index in [4.69, 9.17) is 14.2 Å². The Bertz CT molecular complexity index is 1040. The van der Waals surface area contributed by atoms with Crippen LogP contribution in [0.5, 0.6) is 11.5 Å². The molecule has 1 atom stereocenters. The highest BCUT2D eigenvalue weighted by molar-refractivity contribution is 5.86. The first kappa shape index (κ1) is 23.1. The molecule has 176 valence electrons. The largest absolute Gasteiger partial charge is 0.497 e. The lowest BCUT2D eigenvalue weighted by atomic mass is 9.87. The number of rotatable bonds is 10. The maximum absolute atomic E-state index is 13.0.